The Labute approximate surface area is 270 Å². The number of aliphatic hydroxyl groups is 2. The summed E-state index contributed by atoms with van der Waals surface area (Å²) in [5.41, 5.74) is 1.04. The number of allylic oxidation sites excluding steroid dienone is 1. The largest absolute Gasteiger partial charge is 0.490 e. The van der Waals surface area contributed by atoms with Gasteiger partial charge in [0.1, 0.15) is 31.4 Å². The van der Waals surface area contributed by atoms with E-state index in [-0.39, 0.29) is 46.1 Å². The lowest BCUT2D eigenvalue weighted by Crippen LogP contribution is -2.49. The van der Waals surface area contributed by atoms with Crippen molar-refractivity contribution in [1.29, 1.82) is 0 Å². The van der Waals surface area contributed by atoms with E-state index >= 15 is 0 Å². The average Bonchev–Trinajstić information content (AvgIpc) is 3.02. The zero-order valence-electron chi connectivity index (χ0n) is 26.5. The Morgan fingerprint density at radius 2 is 1.34 bits per heavy atom. The van der Waals surface area contributed by atoms with Gasteiger partial charge < -0.3 is 33.9 Å². The monoisotopic (exact) mass is 686 g/mol. The van der Waals surface area contributed by atoms with Crippen LogP contribution in [0.15, 0.2) is 61.7 Å². The van der Waals surface area contributed by atoms with Crippen molar-refractivity contribution in [1.82, 2.24) is 0 Å². The molecule has 2 atom stereocenters. The predicted molar refractivity (Wildman–Crippen MR) is 162 cm³/mol. The number of aliphatic hydroxyl groups excluding tert-OH is 2. The molecule has 0 saturated carbocycles. The second-order valence-electron chi connectivity index (χ2n) is 9.86. The van der Waals surface area contributed by atoms with Gasteiger partial charge in [-0.25, -0.2) is 4.74 Å². The predicted octanol–water partition coefficient (Wildman–Crippen LogP) is 6.45. The van der Waals surface area contributed by atoms with Crippen molar-refractivity contribution in [2.24, 2.45) is 0 Å². The molecule has 0 amide bonds. The molecule has 0 aliphatic carbocycles. The highest BCUT2D eigenvalue weighted by Gasteiger charge is 2.64. The minimum absolute atomic E-state index is 0.00833. The fraction of sp³-hybridized carbons (Fsp3) is 0.562. The molecular weight excluding hydrogens is 642 g/mol. The van der Waals surface area contributed by atoms with Crippen LogP contribution in [0.2, 0.25) is 0 Å². The molecule has 0 aromatic heterocycles. The lowest BCUT2D eigenvalue weighted by atomic mass is 10.0. The molecule has 268 valence electrons. The summed E-state index contributed by atoms with van der Waals surface area (Å²) in [6, 6.07) is 12.0. The van der Waals surface area contributed by atoms with E-state index in [1.54, 1.807) is 6.08 Å². The summed E-state index contributed by atoms with van der Waals surface area (Å²) >= 11 is 0. The Hall–Kier alpha value is -2.76. The number of halogens is 6. The molecule has 47 heavy (non-hydrogen) atoms. The van der Waals surface area contributed by atoms with Crippen LogP contribution in [-0.4, -0.2) is 94.0 Å². The lowest BCUT2D eigenvalue weighted by molar-refractivity contribution is -0.526. The molecule has 0 radical (unpaired) electrons. The van der Waals surface area contributed by atoms with Gasteiger partial charge in [0.2, 0.25) is 0 Å². The number of fused-ring (bicyclic) bond motifs is 1. The molecule has 2 unspecified atom stereocenters. The van der Waals surface area contributed by atoms with Crippen molar-refractivity contribution >= 4 is 10.8 Å². The van der Waals surface area contributed by atoms with E-state index in [0.29, 0.717) is 13.0 Å². The smallest absolute Gasteiger partial charge is 0.490 e. The molecule has 2 N–H and O–H groups in total. The molecule has 15 heteroatoms. The normalized spacial score (nSPS) is 13.5. The first kappa shape index (κ1) is 42.3. The van der Waals surface area contributed by atoms with Crippen LogP contribution >= 0.6 is 0 Å². The Bertz CT molecular complexity index is 1170. The van der Waals surface area contributed by atoms with Crippen LogP contribution in [0.3, 0.4) is 0 Å². The maximum Gasteiger partial charge on any atom is 0.490 e. The molecule has 0 heterocycles. The molecule has 9 nitrogen and oxygen atoms in total. The van der Waals surface area contributed by atoms with Crippen LogP contribution in [0.4, 0.5) is 26.3 Å². The molecule has 0 bridgehead atoms. The second kappa shape index (κ2) is 22.0. The highest BCUT2D eigenvalue weighted by molar-refractivity contribution is 5.88. The van der Waals surface area contributed by atoms with Crippen molar-refractivity contribution in [2.75, 3.05) is 53.0 Å². The minimum atomic E-state index is -5.50. The van der Waals surface area contributed by atoms with Crippen molar-refractivity contribution in [3.05, 3.63) is 67.3 Å². The number of hydrogen-bond donors (Lipinski definition) is 2. The summed E-state index contributed by atoms with van der Waals surface area (Å²) in [6.45, 7) is 9.57. The first-order valence-electron chi connectivity index (χ1n) is 14.8. The van der Waals surface area contributed by atoms with E-state index in [0.717, 1.165) is 22.1 Å². The van der Waals surface area contributed by atoms with Crippen molar-refractivity contribution in [3.63, 3.8) is 0 Å². The van der Waals surface area contributed by atoms with Crippen LogP contribution in [0.25, 0.3) is 10.8 Å². The van der Waals surface area contributed by atoms with Gasteiger partial charge in [0.15, 0.2) is 0 Å². The summed E-state index contributed by atoms with van der Waals surface area (Å²) in [6.07, 6.45) is -12.8. The van der Waals surface area contributed by atoms with Gasteiger partial charge in [0.25, 0.3) is 0 Å². The summed E-state index contributed by atoms with van der Waals surface area (Å²) in [4.78, 5) is 0. The molecule has 0 spiro atoms. The third-order valence-corrected chi connectivity index (χ3v) is 5.66. The minimum Gasteiger partial charge on any atom is -0.490 e. The van der Waals surface area contributed by atoms with Gasteiger partial charge in [-0.1, -0.05) is 56.3 Å². The van der Waals surface area contributed by atoms with Crippen molar-refractivity contribution in [2.45, 2.75) is 63.8 Å². The number of hydrogen-bond acceptors (Lipinski definition) is 9. The summed E-state index contributed by atoms with van der Waals surface area (Å²) in [7, 11) is 0. The van der Waals surface area contributed by atoms with Crippen LogP contribution in [-0.2, 0) is 34.8 Å². The zero-order chi connectivity index (χ0) is 35.3. The summed E-state index contributed by atoms with van der Waals surface area (Å²) in [5, 5.41) is 22.0. The van der Waals surface area contributed by atoms with Crippen molar-refractivity contribution < 1.29 is 69.7 Å². The third-order valence-electron chi connectivity index (χ3n) is 5.66. The maximum atomic E-state index is 12.8. The van der Waals surface area contributed by atoms with E-state index in [1.165, 1.54) is 13.8 Å². The van der Waals surface area contributed by atoms with E-state index in [1.807, 2.05) is 30.3 Å². The van der Waals surface area contributed by atoms with Gasteiger partial charge in [-0.05, 0) is 36.1 Å². The molecule has 0 aliphatic rings. The Morgan fingerprint density at radius 1 is 0.745 bits per heavy atom. The molecule has 2 rings (SSSR count). The molecule has 2 aromatic rings. The van der Waals surface area contributed by atoms with Crippen LogP contribution in [0.1, 0.15) is 32.3 Å². The Morgan fingerprint density at radius 3 is 1.96 bits per heavy atom. The SMILES string of the molecule is C=CCOCC(O)COCOCC(O)COc1ccc2ccccc2c1CC=C.CCCOC(F)(F)OC(F)(F)C(F)(F)OCCC. The molecule has 0 saturated heterocycles. The van der Waals surface area contributed by atoms with Gasteiger partial charge in [0, 0.05) is 5.56 Å². The number of benzene rings is 2. The first-order valence-corrected chi connectivity index (χ1v) is 14.8. The molecule has 0 aliphatic heterocycles. The first-order chi connectivity index (χ1) is 22.2. The van der Waals surface area contributed by atoms with Gasteiger partial charge >= 0.3 is 18.5 Å². The molecule has 2 aromatic carbocycles. The standard InChI is InChI=1S/C23H30O6.C9H14F6O3/c1-3-7-22-21-9-6-5-8-18(21)10-11-23(22)29-16-20(25)15-28-17-27-14-19(24)13-26-12-4-2;1-3-5-16-7(10,11)8(12,13)18-9(14,15)17-6-4-2/h3-6,8-11,19-20,24-25H,1-2,7,12-17H2;3-6H2,1-2H3. The second-order valence-corrected chi connectivity index (χ2v) is 9.86. The van der Waals surface area contributed by atoms with Gasteiger partial charge in [-0.2, -0.15) is 17.6 Å². The van der Waals surface area contributed by atoms with Gasteiger partial charge in [0.05, 0.1) is 39.6 Å². The highest BCUT2D eigenvalue weighted by atomic mass is 19.3. The van der Waals surface area contributed by atoms with E-state index in [4.69, 9.17) is 18.9 Å². The lowest BCUT2D eigenvalue weighted by Gasteiger charge is -2.28. The zero-order valence-corrected chi connectivity index (χ0v) is 26.5. The Balaban J connectivity index is 0.000000529. The van der Waals surface area contributed by atoms with E-state index < -0.39 is 43.9 Å². The van der Waals surface area contributed by atoms with Gasteiger partial charge in [-0.3, -0.25) is 4.74 Å². The van der Waals surface area contributed by atoms with Crippen LogP contribution in [0.5, 0.6) is 5.75 Å². The fourth-order valence-corrected chi connectivity index (χ4v) is 3.58. The summed E-state index contributed by atoms with van der Waals surface area (Å²) in [5.74, 6) is 0.724. The topological polar surface area (TPSA) is 105 Å². The number of rotatable bonds is 24. The van der Waals surface area contributed by atoms with Crippen molar-refractivity contribution in [3.8, 4) is 5.75 Å². The summed E-state index contributed by atoms with van der Waals surface area (Å²) < 4.78 is 108. The quantitative estimate of drug-likeness (QED) is 0.0558. The molecule has 0 fully saturated rings. The highest BCUT2D eigenvalue weighted by Crippen LogP contribution is 2.40. The third kappa shape index (κ3) is 16.3. The molecular formula is C32H44F6O9. The van der Waals surface area contributed by atoms with Crippen LogP contribution in [0, 0.1) is 0 Å². The maximum absolute atomic E-state index is 12.8. The van der Waals surface area contributed by atoms with Crippen LogP contribution < -0.4 is 4.74 Å². The fourth-order valence-electron chi connectivity index (χ4n) is 3.58. The Kier molecular flexibility index (Phi) is 19.8. The van der Waals surface area contributed by atoms with Gasteiger partial charge in [-0.15, -0.1) is 21.9 Å². The number of alkyl halides is 6. The van der Waals surface area contributed by atoms with E-state index in [9.17, 15) is 36.6 Å². The van der Waals surface area contributed by atoms with E-state index in [2.05, 4.69) is 39.5 Å². The number of ether oxygens (including phenoxy) is 7. The average molecular weight is 687 g/mol.